The standard InChI is InChI=1S/C18H17ClFNO5S/c19-13-4-6-16(7-5-13)27(24,25)21-10-15(22)9-17(21)18(23)26-11-12-2-1-3-14(20)8-12/h1-8,15,17,22H,9-11H2/t15-,17+/m1/s1. The summed E-state index contributed by atoms with van der Waals surface area (Å²) in [6, 6.07) is 9.91. The highest BCUT2D eigenvalue weighted by molar-refractivity contribution is 7.89. The van der Waals surface area contributed by atoms with E-state index >= 15 is 0 Å². The lowest BCUT2D eigenvalue weighted by atomic mass is 10.2. The predicted molar refractivity (Wildman–Crippen MR) is 96.0 cm³/mol. The van der Waals surface area contributed by atoms with Gasteiger partial charge in [0.05, 0.1) is 11.0 Å². The molecule has 3 rings (SSSR count). The van der Waals surface area contributed by atoms with Gasteiger partial charge in [-0.05, 0) is 42.0 Å². The Bertz CT molecular complexity index is 935. The molecule has 0 aromatic heterocycles. The number of esters is 1. The largest absolute Gasteiger partial charge is 0.460 e. The third-order valence-corrected chi connectivity index (χ3v) is 6.34. The molecule has 2 atom stereocenters. The van der Waals surface area contributed by atoms with Gasteiger partial charge in [0.15, 0.2) is 0 Å². The first-order valence-electron chi connectivity index (χ1n) is 8.14. The summed E-state index contributed by atoms with van der Waals surface area (Å²) < 4.78 is 45.0. The molecule has 1 aliphatic rings. The van der Waals surface area contributed by atoms with E-state index in [0.29, 0.717) is 10.6 Å². The fourth-order valence-corrected chi connectivity index (χ4v) is 4.64. The normalized spacial score (nSPS) is 20.6. The maximum absolute atomic E-state index is 13.2. The van der Waals surface area contributed by atoms with Crippen LogP contribution in [0.3, 0.4) is 0 Å². The van der Waals surface area contributed by atoms with Gasteiger partial charge in [-0.2, -0.15) is 4.31 Å². The van der Waals surface area contributed by atoms with Crippen LogP contribution in [0.1, 0.15) is 12.0 Å². The maximum Gasteiger partial charge on any atom is 0.324 e. The SMILES string of the molecule is O=C(OCc1cccc(F)c1)[C@@H]1C[C@@H](O)CN1S(=O)(=O)c1ccc(Cl)cc1. The zero-order chi connectivity index (χ0) is 19.6. The van der Waals surface area contributed by atoms with Crippen LogP contribution in [0, 0.1) is 5.82 Å². The van der Waals surface area contributed by atoms with E-state index in [1.807, 2.05) is 0 Å². The molecule has 2 aromatic carbocycles. The molecule has 1 N–H and O–H groups in total. The van der Waals surface area contributed by atoms with Crippen molar-refractivity contribution in [2.45, 2.75) is 30.1 Å². The van der Waals surface area contributed by atoms with Crippen molar-refractivity contribution in [3.8, 4) is 0 Å². The molecule has 27 heavy (non-hydrogen) atoms. The number of halogens is 2. The highest BCUT2D eigenvalue weighted by Crippen LogP contribution is 2.28. The Morgan fingerprint density at radius 3 is 2.63 bits per heavy atom. The van der Waals surface area contributed by atoms with Crippen molar-refractivity contribution in [2.75, 3.05) is 6.54 Å². The Morgan fingerprint density at radius 2 is 1.96 bits per heavy atom. The monoisotopic (exact) mass is 413 g/mol. The molecule has 144 valence electrons. The third-order valence-electron chi connectivity index (χ3n) is 4.20. The number of β-amino-alcohol motifs (C(OH)–C–C–N with tert-alkyl or cyclic N) is 1. The number of carbonyl (C=O) groups excluding carboxylic acids is 1. The highest BCUT2D eigenvalue weighted by atomic mass is 35.5. The molecule has 0 radical (unpaired) electrons. The van der Waals surface area contributed by atoms with Crippen LogP contribution in [0.4, 0.5) is 4.39 Å². The van der Waals surface area contributed by atoms with Crippen molar-refractivity contribution in [1.82, 2.24) is 4.31 Å². The van der Waals surface area contributed by atoms with Gasteiger partial charge in [0.2, 0.25) is 10.0 Å². The Hall–Kier alpha value is -2.00. The molecule has 1 fully saturated rings. The molecule has 6 nitrogen and oxygen atoms in total. The number of carbonyl (C=O) groups is 1. The summed E-state index contributed by atoms with van der Waals surface area (Å²) in [5.74, 6) is -1.26. The number of aliphatic hydroxyl groups excluding tert-OH is 1. The number of sulfonamides is 1. The maximum atomic E-state index is 13.2. The van der Waals surface area contributed by atoms with Crippen molar-refractivity contribution in [1.29, 1.82) is 0 Å². The van der Waals surface area contributed by atoms with Crippen LogP contribution in [0.25, 0.3) is 0 Å². The van der Waals surface area contributed by atoms with Gasteiger partial charge in [0, 0.05) is 18.0 Å². The number of ether oxygens (including phenoxy) is 1. The fourth-order valence-electron chi connectivity index (χ4n) is 2.88. The van der Waals surface area contributed by atoms with Crippen LogP contribution in [0.15, 0.2) is 53.4 Å². The third kappa shape index (κ3) is 4.47. The molecule has 1 saturated heterocycles. The lowest BCUT2D eigenvalue weighted by Crippen LogP contribution is -2.41. The second kappa shape index (κ2) is 7.93. The lowest BCUT2D eigenvalue weighted by molar-refractivity contribution is -0.148. The van der Waals surface area contributed by atoms with Crippen molar-refractivity contribution in [2.24, 2.45) is 0 Å². The van der Waals surface area contributed by atoms with E-state index in [2.05, 4.69) is 0 Å². The van der Waals surface area contributed by atoms with E-state index < -0.39 is 34.0 Å². The first-order chi connectivity index (χ1) is 12.8. The molecule has 0 spiro atoms. The van der Waals surface area contributed by atoms with Gasteiger partial charge in [-0.25, -0.2) is 12.8 Å². The number of aliphatic hydroxyl groups is 1. The Balaban J connectivity index is 1.77. The summed E-state index contributed by atoms with van der Waals surface area (Å²) in [5.41, 5.74) is 0.439. The van der Waals surface area contributed by atoms with E-state index in [1.54, 1.807) is 6.07 Å². The van der Waals surface area contributed by atoms with Crippen molar-refractivity contribution in [3.05, 3.63) is 64.9 Å². The predicted octanol–water partition coefficient (Wildman–Crippen LogP) is 2.35. The molecule has 0 unspecified atom stereocenters. The smallest absolute Gasteiger partial charge is 0.324 e. The van der Waals surface area contributed by atoms with Gasteiger partial charge in [-0.3, -0.25) is 4.79 Å². The quantitative estimate of drug-likeness (QED) is 0.761. The Morgan fingerprint density at radius 1 is 1.26 bits per heavy atom. The second-order valence-corrected chi connectivity index (χ2v) is 8.50. The van der Waals surface area contributed by atoms with Gasteiger partial charge in [-0.15, -0.1) is 0 Å². The first-order valence-corrected chi connectivity index (χ1v) is 9.96. The van der Waals surface area contributed by atoms with Crippen LogP contribution < -0.4 is 0 Å². The van der Waals surface area contributed by atoms with Crippen LogP contribution in [-0.2, 0) is 26.2 Å². The van der Waals surface area contributed by atoms with E-state index in [1.165, 1.54) is 42.5 Å². The molecular weight excluding hydrogens is 397 g/mol. The van der Waals surface area contributed by atoms with Crippen LogP contribution in [-0.4, -0.2) is 42.5 Å². The van der Waals surface area contributed by atoms with Crippen molar-refractivity contribution in [3.63, 3.8) is 0 Å². The summed E-state index contributed by atoms with van der Waals surface area (Å²) in [6.45, 7) is -0.414. The summed E-state index contributed by atoms with van der Waals surface area (Å²) in [5, 5.41) is 10.3. The van der Waals surface area contributed by atoms with Gasteiger partial charge >= 0.3 is 5.97 Å². The van der Waals surface area contributed by atoms with Gasteiger partial charge in [0.25, 0.3) is 0 Å². The average Bonchev–Trinajstić information content (AvgIpc) is 3.03. The number of benzene rings is 2. The Labute approximate surface area is 161 Å². The molecule has 1 heterocycles. The molecule has 9 heteroatoms. The molecule has 0 saturated carbocycles. The first kappa shape index (κ1) is 19.8. The lowest BCUT2D eigenvalue weighted by Gasteiger charge is -2.22. The van der Waals surface area contributed by atoms with E-state index in [0.717, 1.165) is 4.31 Å². The molecule has 0 aliphatic carbocycles. The molecule has 2 aromatic rings. The summed E-state index contributed by atoms with van der Waals surface area (Å²) in [4.78, 5) is 12.4. The fraction of sp³-hybridized carbons (Fsp3) is 0.278. The number of hydrogen-bond acceptors (Lipinski definition) is 5. The second-order valence-electron chi connectivity index (χ2n) is 6.17. The van der Waals surface area contributed by atoms with Gasteiger partial charge in [0.1, 0.15) is 18.5 Å². The zero-order valence-corrected chi connectivity index (χ0v) is 15.7. The minimum Gasteiger partial charge on any atom is -0.460 e. The topological polar surface area (TPSA) is 83.9 Å². The molecule has 0 bridgehead atoms. The minimum absolute atomic E-state index is 0.0380. The van der Waals surface area contributed by atoms with E-state index in [-0.39, 0.29) is 24.5 Å². The van der Waals surface area contributed by atoms with Crippen LogP contribution in [0.2, 0.25) is 5.02 Å². The number of hydrogen-bond donors (Lipinski definition) is 1. The molecule has 0 amide bonds. The number of rotatable bonds is 5. The average molecular weight is 414 g/mol. The van der Waals surface area contributed by atoms with Crippen LogP contribution in [0.5, 0.6) is 0 Å². The Kier molecular flexibility index (Phi) is 5.81. The van der Waals surface area contributed by atoms with Gasteiger partial charge in [-0.1, -0.05) is 23.7 Å². The van der Waals surface area contributed by atoms with Gasteiger partial charge < -0.3 is 9.84 Å². The van der Waals surface area contributed by atoms with E-state index in [4.69, 9.17) is 16.3 Å². The summed E-state index contributed by atoms with van der Waals surface area (Å²) >= 11 is 5.79. The molecular formula is C18H17ClFNO5S. The highest BCUT2D eigenvalue weighted by Gasteiger charge is 2.44. The van der Waals surface area contributed by atoms with Crippen molar-refractivity contribution < 1.29 is 27.4 Å². The van der Waals surface area contributed by atoms with E-state index in [9.17, 15) is 22.7 Å². The van der Waals surface area contributed by atoms with Crippen LogP contribution >= 0.6 is 11.6 Å². The number of nitrogens with zero attached hydrogens (tertiary/aromatic N) is 1. The summed E-state index contributed by atoms with van der Waals surface area (Å²) in [7, 11) is -4.02. The minimum atomic E-state index is -4.02. The zero-order valence-electron chi connectivity index (χ0n) is 14.1. The molecule has 1 aliphatic heterocycles. The van der Waals surface area contributed by atoms with Crippen molar-refractivity contribution >= 4 is 27.6 Å². The summed E-state index contributed by atoms with van der Waals surface area (Å²) in [6.07, 6.45) is -1.06.